The van der Waals surface area contributed by atoms with Crippen molar-refractivity contribution in [3.05, 3.63) is 30.2 Å². The normalized spacial score (nSPS) is 15.3. The average molecular weight is 303 g/mol. The first kappa shape index (κ1) is 14.8. The lowest BCUT2D eigenvalue weighted by molar-refractivity contribution is 0.0943. The smallest absolute Gasteiger partial charge is 0.273 e. The number of hydrogen-bond acceptors (Lipinski definition) is 5. The third-order valence-electron chi connectivity index (χ3n) is 3.89. The van der Waals surface area contributed by atoms with E-state index in [2.05, 4.69) is 15.4 Å². The van der Waals surface area contributed by atoms with E-state index in [1.807, 2.05) is 0 Å². The highest BCUT2D eigenvalue weighted by Crippen LogP contribution is 2.20. The number of furan rings is 1. The highest BCUT2D eigenvalue weighted by Gasteiger charge is 2.15. The number of amides is 1. The molecule has 118 valence electrons. The zero-order valence-corrected chi connectivity index (χ0v) is 12.6. The van der Waals surface area contributed by atoms with E-state index in [4.69, 9.17) is 8.94 Å². The van der Waals surface area contributed by atoms with Gasteiger partial charge >= 0.3 is 0 Å². The van der Waals surface area contributed by atoms with Gasteiger partial charge in [0.25, 0.3) is 5.91 Å². The van der Waals surface area contributed by atoms with E-state index in [1.54, 1.807) is 24.5 Å². The van der Waals surface area contributed by atoms with Gasteiger partial charge in [-0.2, -0.15) is 0 Å². The minimum atomic E-state index is -0.206. The highest BCUT2D eigenvalue weighted by atomic mass is 16.5. The molecule has 0 atom stereocenters. The summed E-state index contributed by atoms with van der Waals surface area (Å²) in [7, 11) is 0. The van der Waals surface area contributed by atoms with Crippen LogP contribution in [0.2, 0.25) is 0 Å². The maximum Gasteiger partial charge on any atom is 0.273 e. The SMILES string of the molecule is O=C(NCCCCN1CCCC1)c1cc(-c2ccco2)on1. The van der Waals surface area contributed by atoms with Crippen molar-refractivity contribution >= 4 is 5.91 Å². The third-order valence-corrected chi connectivity index (χ3v) is 3.89. The molecule has 1 fully saturated rings. The van der Waals surface area contributed by atoms with Crippen molar-refractivity contribution in [2.75, 3.05) is 26.2 Å². The fourth-order valence-electron chi connectivity index (χ4n) is 2.68. The minimum Gasteiger partial charge on any atom is -0.461 e. The Kier molecular flexibility index (Phi) is 4.90. The molecule has 1 amide bonds. The Balaban J connectivity index is 1.38. The zero-order chi connectivity index (χ0) is 15.2. The van der Waals surface area contributed by atoms with Crippen LogP contribution < -0.4 is 5.32 Å². The number of rotatable bonds is 7. The van der Waals surface area contributed by atoms with Gasteiger partial charge in [-0.25, -0.2) is 0 Å². The van der Waals surface area contributed by atoms with E-state index in [-0.39, 0.29) is 11.6 Å². The van der Waals surface area contributed by atoms with Crippen LogP contribution in [-0.2, 0) is 0 Å². The quantitative estimate of drug-likeness (QED) is 0.796. The van der Waals surface area contributed by atoms with Gasteiger partial charge in [-0.05, 0) is 57.5 Å². The molecule has 3 rings (SSSR count). The number of carbonyl (C=O) groups is 1. The minimum absolute atomic E-state index is 0.206. The number of hydrogen-bond donors (Lipinski definition) is 1. The molecule has 22 heavy (non-hydrogen) atoms. The maximum absolute atomic E-state index is 12.0. The summed E-state index contributed by atoms with van der Waals surface area (Å²) < 4.78 is 10.3. The standard InChI is InChI=1S/C16H21N3O3/c20-16(17-7-1-2-8-19-9-3-4-10-19)13-12-15(22-18-13)14-6-5-11-21-14/h5-6,11-12H,1-4,7-10H2,(H,17,20). The molecule has 0 radical (unpaired) electrons. The molecule has 1 aliphatic heterocycles. The van der Waals surface area contributed by atoms with Crippen molar-refractivity contribution in [3.63, 3.8) is 0 Å². The number of unbranched alkanes of at least 4 members (excludes halogenated alkanes) is 1. The van der Waals surface area contributed by atoms with Gasteiger partial charge in [0, 0.05) is 12.6 Å². The molecule has 0 aromatic carbocycles. The van der Waals surface area contributed by atoms with E-state index < -0.39 is 0 Å². The molecule has 1 aliphatic rings. The topological polar surface area (TPSA) is 71.5 Å². The van der Waals surface area contributed by atoms with Crippen LogP contribution in [0.15, 0.2) is 33.4 Å². The van der Waals surface area contributed by atoms with Crippen LogP contribution in [0.4, 0.5) is 0 Å². The summed E-state index contributed by atoms with van der Waals surface area (Å²) in [5.41, 5.74) is 0.283. The second kappa shape index (κ2) is 7.26. The number of nitrogens with one attached hydrogen (secondary N) is 1. The molecule has 0 bridgehead atoms. The van der Waals surface area contributed by atoms with Crippen LogP contribution >= 0.6 is 0 Å². The summed E-state index contributed by atoms with van der Waals surface area (Å²) in [6.07, 6.45) is 6.28. The largest absolute Gasteiger partial charge is 0.461 e. The Hall–Kier alpha value is -2.08. The summed E-state index contributed by atoms with van der Waals surface area (Å²) in [6.45, 7) is 4.24. The summed E-state index contributed by atoms with van der Waals surface area (Å²) in [4.78, 5) is 14.5. The van der Waals surface area contributed by atoms with Gasteiger partial charge < -0.3 is 19.2 Å². The Morgan fingerprint density at radius 2 is 2.14 bits per heavy atom. The van der Waals surface area contributed by atoms with Crippen LogP contribution in [0, 0.1) is 0 Å². The van der Waals surface area contributed by atoms with Crippen molar-refractivity contribution in [1.82, 2.24) is 15.4 Å². The van der Waals surface area contributed by atoms with Crippen molar-refractivity contribution in [3.8, 4) is 11.5 Å². The first-order valence-electron chi connectivity index (χ1n) is 7.84. The molecule has 2 aromatic rings. The fourth-order valence-corrected chi connectivity index (χ4v) is 2.68. The lowest BCUT2D eigenvalue weighted by Crippen LogP contribution is -2.26. The van der Waals surface area contributed by atoms with Gasteiger partial charge in [0.2, 0.25) is 5.76 Å². The number of aromatic nitrogens is 1. The molecule has 0 unspecified atom stereocenters. The summed E-state index contributed by atoms with van der Waals surface area (Å²) in [5.74, 6) is 0.823. The Morgan fingerprint density at radius 1 is 1.27 bits per heavy atom. The van der Waals surface area contributed by atoms with Crippen molar-refractivity contribution < 1.29 is 13.7 Å². The number of likely N-dealkylation sites (tertiary alicyclic amines) is 1. The Labute approximate surface area is 129 Å². The van der Waals surface area contributed by atoms with E-state index in [0.29, 0.717) is 18.1 Å². The van der Waals surface area contributed by atoms with Gasteiger partial charge in [0.05, 0.1) is 6.26 Å². The van der Waals surface area contributed by atoms with E-state index >= 15 is 0 Å². The molecule has 0 aliphatic carbocycles. The summed E-state index contributed by atoms with van der Waals surface area (Å²) >= 11 is 0. The Morgan fingerprint density at radius 3 is 2.91 bits per heavy atom. The molecule has 6 nitrogen and oxygen atoms in total. The molecule has 3 heterocycles. The lowest BCUT2D eigenvalue weighted by atomic mass is 10.2. The van der Waals surface area contributed by atoms with Crippen LogP contribution in [0.3, 0.4) is 0 Å². The van der Waals surface area contributed by atoms with Crippen LogP contribution in [0.25, 0.3) is 11.5 Å². The average Bonchev–Trinajstić information content (AvgIpc) is 3.26. The third kappa shape index (κ3) is 3.76. The van der Waals surface area contributed by atoms with Crippen LogP contribution in [-0.4, -0.2) is 42.1 Å². The fraction of sp³-hybridized carbons (Fsp3) is 0.500. The lowest BCUT2D eigenvalue weighted by Gasteiger charge is -2.13. The van der Waals surface area contributed by atoms with Gasteiger partial charge in [-0.1, -0.05) is 5.16 Å². The molecule has 0 saturated carbocycles. The zero-order valence-electron chi connectivity index (χ0n) is 12.6. The highest BCUT2D eigenvalue weighted by molar-refractivity contribution is 5.92. The summed E-state index contributed by atoms with van der Waals surface area (Å²) in [5, 5.41) is 6.65. The second-order valence-corrected chi connectivity index (χ2v) is 5.57. The monoisotopic (exact) mass is 303 g/mol. The van der Waals surface area contributed by atoms with E-state index in [1.165, 1.54) is 25.9 Å². The van der Waals surface area contributed by atoms with Crippen LogP contribution in [0.5, 0.6) is 0 Å². The maximum atomic E-state index is 12.0. The van der Waals surface area contributed by atoms with Gasteiger partial charge in [-0.3, -0.25) is 4.79 Å². The molecule has 2 aromatic heterocycles. The molecular formula is C16H21N3O3. The van der Waals surface area contributed by atoms with Crippen molar-refractivity contribution in [2.45, 2.75) is 25.7 Å². The molecule has 1 N–H and O–H groups in total. The Bertz CT molecular complexity index is 586. The number of carbonyl (C=O) groups excluding carboxylic acids is 1. The van der Waals surface area contributed by atoms with Gasteiger partial charge in [0.15, 0.2) is 11.5 Å². The number of nitrogens with zero attached hydrogens (tertiary/aromatic N) is 2. The van der Waals surface area contributed by atoms with E-state index in [9.17, 15) is 4.79 Å². The summed E-state index contributed by atoms with van der Waals surface area (Å²) in [6, 6.07) is 5.12. The van der Waals surface area contributed by atoms with Gasteiger partial charge in [0.1, 0.15) is 0 Å². The molecule has 1 saturated heterocycles. The molecular weight excluding hydrogens is 282 g/mol. The predicted molar refractivity (Wildman–Crippen MR) is 81.4 cm³/mol. The van der Waals surface area contributed by atoms with Gasteiger partial charge in [-0.15, -0.1) is 0 Å². The van der Waals surface area contributed by atoms with Crippen LogP contribution in [0.1, 0.15) is 36.2 Å². The molecule has 0 spiro atoms. The second-order valence-electron chi connectivity index (χ2n) is 5.57. The van der Waals surface area contributed by atoms with E-state index in [0.717, 1.165) is 19.4 Å². The van der Waals surface area contributed by atoms with Crippen molar-refractivity contribution in [2.24, 2.45) is 0 Å². The molecule has 6 heteroatoms. The van der Waals surface area contributed by atoms with Crippen molar-refractivity contribution in [1.29, 1.82) is 0 Å². The first-order chi connectivity index (χ1) is 10.8. The first-order valence-corrected chi connectivity index (χ1v) is 7.84. The predicted octanol–water partition coefficient (Wildman–Crippen LogP) is 2.54.